The molecule has 0 aliphatic carbocycles. The molecule has 0 atom stereocenters. The molecule has 0 aliphatic heterocycles. The van der Waals surface area contributed by atoms with Gasteiger partial charge >= 0.3 is 5.63 Å². The molecule has 1 heterocycles. The molecule has 0 bridgehead atoms. The van der Waals surface area contributed by atoms with Gasteiger partial charge in [-0.3, -0.25) is 0 Å². The van der Waals surface area contributed by atoms with Gasteiger partial charge in [-0.15, -0.1) is 0 Å². The van der Waals surface area contributed by atoms with Gasteiger partial charge in [-0.25, -0.2) is 4.79 Å². The molecule has 100 valence electrons. The maximum Gasteiger partial charge on any atom is 0.350 e. The standard InChI is InChI=1S/C17H14O2S/c1-11-7-9-13(10-8-11)20-16-12(2)14-5-3-4-6-15(14)19-17(16)18/h3-10H,1-2H3. The van der Waals surface area contributed by atoms with Crippen molar-refractivity contribution in [3.05, 3.63) is 70.1 Å². The van der Waals surface area contributed by atoms with E-state index in [0.29, 0.717) is 10.5 Å². The Kier molecular flexibility index (Phi) is 3.36. The third-order valence-corrected chi connectivity index (χ3v) is 4.45. The average Bonchev–Trinajstić information content (AvgIpc) is 2.45. The number of para-hydroxylation sites is 1. The molecule has 1 aromatic heterocycles. The second-order valence-corrected chi connectivity index (χ2v) is 5.84. The Balaban J connectivity index is 2.11. The number of benzene rings is 2. The normalized spacial score (nSPS) is 10.9. The van der Waals surface area contributed by atoms with Crippen molar-refractivity contribution in [1.29, 1.82) is 0 Å². The Hall–Kier alpha value is -2.00. The zero-order valence-electron chi connectivity index (χ0n) is 11.3. The summed E-state index contributed by atoms with van der Waals surface area (Å²) in [5, 5.41) is 0.988. The fourth-order valence-electron chi connectivity index (χ4n) is 2.13. The zero-order chi connectivity index (χ0) is 14.1. The van der Waals surface area contributed by atoms with Crippen molar-refractivity contribution in [1.82, 2.24) is 0 Å². The van der Waals surface area contributed by atoms with Gasteiger partial charge in [-0.05, 0) is 37.6 Å². The smallest absolute Gasteiger partial charge is 0.350 e. The number of fused-ring (bicyclic) bond motifs is 1. The van der Waals surface area contributed by atoms with Gasteiger partial charge in [0.1, 0.15) is 10.5 Å². The fourth-order valence-corrected chi connectivity index (χ4v) is 3.03. The first-order chi connectivity index (χ1) is 9.65. The van der Waals surface area contributed by atoms with Crippen LogP contribution in [0, 0.1) is 13.8 Å². The predicted octanol–water partition coefficient (Wildman–Crippen LogP) is 4.56. The second kappa shape index (κ2) is 5.17. The lowest BCUT2D eigenvalue weighted by Gasteiger charge is -2.07. The van der Waals surface area contributed by atoms with E-state index in [1.54, 1.807) is 0 Å². The zero-order valence-corrected chi connectivity index (χ0v) is 12.2. The Labute approximate surface area is 121 Å². The fraction of sp³-hybridized carbons (Fsp3) is 0.118. The lowest BCUT2D eigenvalue weighted by molar-refractivity contribution is 0.541. The van der Waals surface area contributed by atoms with E-state index in [1.807, 2.05) is 62.4 Å². The van der Waals surface area contributed by atoms with Crippen molar-refractivity contribution in [2.45, 2.75) is 23.6 Å². The highest BCUT2D eigenvalue weighted by Crippen LogP contribution is 2.31. The molecule has 0 saturated carbocycles. The number of hydrogen-bond donors (Lipinski definition) is 0. The number of aryl methyl sites for hydroxylation is 2. The SMILES string of the molecule is Cc1ccc(Sc2c(C)c3ccccc3oc2=O)cc1. The molecule has 3 aromatic rings. The van der Waals surface area contributed by atoms with E-state index in [9.17, 15) is 4.79 Å². The highest BCUT2D eigenvalue weighted by Gasteiger charge is 2.12. The Morgan fingerprint density at radius 3 is 2.40 bits per heavy atom. The molecule has 3 rings (SSSR count). The van der Waals surface area contributed by atoms with Gasteiger partial charge in [0.05, 0.1) is 0 Å². The second-order valence-electron chi connectivity index (χ2n) is 4.75. The van der Waals surface area contributed by atoms with Crippen molar-refractivity contribution < 1.29 is 4.42 Å². The first kappa shape index (κ1) is 13.0. The van der Waals surface area contributed by atoms with E-state index in [1.165, 1.54) is 17.3 Å². The Morgan fingerprint density at radius 2 is 1.65 bits per heavy atom. The predicted molar refractivity (Wildman–Crippen MR) is 82.5 cm³/mol. The lowest BCUT2D eigenvalue weighted by Crippen LogP contribution is -2.04. The van der Waals surface area contributed by atoms with Crippen LogP contribution in [-0.2, 0) is 0 Å². The van der Waals surface area contributed by atoms with E-state index >= 15 is 0 Å². The Bertz CT molecular complexity index is 817. The molecule has 0 N–H and O–H groups in total. The van der Waals surface area contributed by atoms with Crippen molar-refractivity contribution in [2.75, 3.05) is 0 Å². The number of rotatable bonds is 2. The van der Waals surface area contributed by atoms with Crippen LogP contribution in [0.4, 0.5) is 0 Å². The minimum Gasteiger partial charge on any atom is -0.422 e. The lowest BCUT2D eigenvalue weighted by atomic mass is 10.1. The van der Waals surface area contributed by atoms with Crippen molar-refractivity contribution in [3.8, 4) is 0 Å². The van der Waals surface area contributed by atoms with Gasteiger partial charge in [0.2, 0.25) is 0 Å². The van der Waals surface area contributed by atoms with Crippen LogP contribution in [0.1, 0.15) is 11.1 Å². The average molecular weight is 282 g/mol. The van der Waals surface area contributed by atoms with E-state index in [0.717, 1.165) is 15.8 Å². The summed E-state index contributed by atoms with van der Waals surface area (Å²) in [4.78, 5) is 13.8. The van der Waals surface area contributed by atoms with Crippen LogP contribution in [0.25, 0.3) is 11.0 Å². The summed E-state index contributed by atoms with van der Waals surface area (Å²) in [7, 11) is 0. The van der Waals surface area contributed by atoms with Gasteiger partial charge in [-0.2, -0.15) is 0 Å². The molecule has 20 heavy (non-hydrogen) atoms. The van der Waals surface area contributed by atoms with Gasteiger partial charge in [0.15, 0.2) is 0 Å². The molecule has 0 radical (unpaired) electrons. The van der Waals surface area contributed by atoms with E-state index in [-0.39, 0.29) is 5.63 Å². The summed E-state index contributed by atoms with van der Waals surface area (Å²) in [6, 6.07) is 15.8. The minimum absolute atomic E-state index is 0.272. The van der Waals surface area contributed by atoms with Crippen LogP contribution in [0.15, 0.2) is 67.5 Å². The molecule has 2 aromatic carbocycles. The molecule has 0 spiro atoms. The molecular formula is C17H14O2S. The van der Waals surface area contributed by atoms with Crippen LogP contribution in [0.2, 0.25) is 0 Å². The monoisotopic (exact) mass is 282 g/mol. The summed E-state index contributed by atoms with van der Waals surface area (Å²) < 4.78 is 5.39. The topological polar surface area (TPSA) is 30.2 Å². The van der Waals surface area contributed by atoms with Crippen molar-refractivity contribution in [2.24, 2.45) is 0 Å². The maximum atomic E-state index is 12.1. The van der Waals surface area contributed by atoms with Crippen LogP contribution < -0.4 is 5.63 Å². The van der Waals surface area contributed by atoms with Gasteiger partial charge in [-0.1, -0.05) is 47.7 Å². The summed E-state index contributed by atoms with van der Waals surface area (Å²) in [6.45, 7) is 4.01. The summed E-state index contributed by atoms with van der Waals surface area (Å²) in [5.74, 6) is 0. The Morgan fingerprint density at radius 1 is 0.950 bits per heavy atom. The highest BCUT2D eigenvalue weighted by molar-refractivity contribution is 7.99. The minimum atomic E-state index is -0.272. The molecule has 0 saturated heterocycles. The first-order valence-electron chi connectivity index (χ1n) is 6.42. The molecule has 3 heteroatoms. The van der Waals surface area contributed by atoms with E-state index in [4.69, 9.17) is 4.42 Å². The van der Waals surface area contributed by atoms with Crippen molar-refractivity contribution in [3.63, 3.8) is 0 Å². The number of hydrogen-bond acceptors (Lipinski definition) is 3. The first-order valence-corrected chi connectivity index (χ1v) is 7.24. The molecular weight excluding hydrogens is 268 g/mol. The van der Waals surface area contributed by atoms with Crippen LogP contribution in [0.5, 0.6) is 0 Å². The molecule has 0 unspecified atom stereocenters. The summed E-state index contributed by atoms with van der Waals surface area (Å²) >= 11 is 1.46. The van der Waals surface area contributed by atoms with Gasteiger partial charge < -0.3 is 4.42 Å². The summed E-state index contributed by atoms with van der Waals surface area (Å²) in [6.07, 6.45) is 0. The molecule has 0 aliphatic rings. The quantitative estimate of drug-likeness (QED) is 0.645. The third kappa shape index (κ3) is 2.37. The molecule has 0 amide bonds. The van der Waals surface area contributed by atoms with E-state index in [2.05, 4.69) is 0 Å². The molecule has 0 fully saturated rings. The van der Waals surface area contributed by atoms with Crippen LogP contribution in [0.3, 0.4) is 0 Å². The van der Waals surface area contributed by atoms with Crippen LogP contribution >= 0.6 is 11.8 Å². The maximum absolute atomic E-state index is 12.1. The molecule has 2 nitrogen and oxygen atoms in total. The third-order valence-electron chi connectivity index (χ3n) is 3.26. The highest BCUT2D eigenvalue weighted by atomic mass is 32.2. The summed E-state index contributed by atoms with van der Waals surface area (Å²) in [5.41, 5.74) is 2.55. The van der Waals surface area contributed by atoms with Gasteiger partial charge in [0, 0.05) is 10.3 Å². The van der Waals surface area contributed by atoms with E-state index < -0.39 is 0 Å². The van der Waals surface area contributed by atoms with Gasteiger partial charge in [0.25, 0.3) is 0 Å². The van der Waals surface area contributed by atoms with Crippen LogP contribution in [-0.4, -0.2) is 0 Å². The van der Waals surface area contributed by atoms with Crippen molar-refractivity contribution >= 4 is 22.7 Å². The largest absolute Gasteiger partial charge is 0.422 e.